The van der Waals surface area contributed by atoms with E-state index in [2.05, 4.69) is 19.2 Å². The monoisotopic (exact) mass is 583 g/mol. The van der Waals surface area contributed by atoms with E-state index in [0.717, 1.165) is 33.7 Å². The van der Waals surface area contributed by atoms with Gasteiger partial charge in [-0.1, -0.05) is 87.0 Å². The fraction of sp³-hybridized carbons (Fsp3) is 0.355. The van der Waals surface area contributed by atoms with Crippen molar-refractivity contribution < 1.29 is 18.0 Å². The lowest BCUT2D eigenvalue weighted by Gasteiger charge is -2.33. The molecule has 9 heteroatoms. The lowest BCUT2D eigenvalue weighted by Crippen LogP contribution is -2.53. The minimum atomic E-state index is -3.81. The van der Waals surface area contributed by atoms with Gasteiger partial charge in [0, 0.05) is 24.5 Å². The van der Waals surface area contributed by atoms with Gasteiger partial charge in [-0.3, -0.25) is 13.9 Å². The maximum absolute atomic E-state index is 14.1. The SMILES string of the molecule is CCCNC(=O)[C@H](Cc1ccccc1)N(Cc1cccc(Cl)c1)C(=O)CN(c1ccc(C(C)C)cc1)S(C)(=O)=O. The van der Waals surface area contributed by atoms with E-state index in [0.29, 0.717) is 17.3 Å². The van der Waals surface area contributed by atoms with Gasteiger partial charge in [0.1, 0.15) is 12.6 Å². The summed E-state index contributed by atoms with van der Waals surface area (Å²) < 4.78 is 26.9. The van der Waals surface area contributed by atoms with Crippen LogP contribution < -0.4 is 9.62 Å². The number of halogens is 1. The molecule has 7 nitrogen and oxygen atoms in total. The lowest BCUT2D eigenvalue weighted by molar-refractivity contribution is -0.140. The van der Waals surface area contributed by atoms with E-state index in [1.54, 1.807) is 30.3 Å². The number of anilines is 1. The van der Waals surface area contributed by atoms with Gasteiger partial charge in [-0.2, -0.15) is 0 Å². The Morgan fingerprint density at radius 2 is 1.57 bits per heavy atom. The van der Waals surface area contributed by atoms with E-state index in [-0.39, 0.29) is 24.8 Å². The van der Waals surface area contributed by atoms with Crippen LogP contribution in [0, 0.1) is 0 Å². The van der Waals surface area contributed by atoms with Crippen molar-refractivity contribution >= 4 is 39.1 Å². The molecule has 214 valence electrons. The Morgan fingerprint density at radius 1 is 0.925 bits per heavy atom. The molecule has 3 aromatic rings. The maximum atomic E-state index is 14.1. The van der Waals surface area contributed by atoms with Crippen molar-refractivity contribution in [1.29, 1.82) is 0 Å². The van der Waals surface area contributed by atoms with Gasteiger partial charge in [-0.15, -0.1) is 0 Å². The lowest BCUT2D eigenvalue weighted by atomic mass is 10.0. The topological polar surface area (TPSA) is 86.8 Å². The highest BCUT2D eigenvalue weighted by Gasteiger charge is 2.33. The first-order valence-corrected chi connectivity index (χ1v) is 15.7. The second kappa shape index (κ2) is 14.3. The van der Waals surface area contributed by atoms with E-state index in [9.17, 15) is 18.0 Å². The van der Waals surface area contributed by atoms with Crippen LogP contribution in [-0.4, -0.2) is 50.5 Å². The highest BCUT2D eigenvalue weighted by Crippen LogP contribution is 2.24. The number of carbonyl (C=O) groups is 2. The van der Waals surface area contributed by atoms with Gasteiger partial charge in [0.05, 0.1) is 11.9 Å². The van der Waals surface area contributed by atoms with Crippen LogP contribution >= 0.6 is 11.6 Å². The fourth-order valence-electron chi connectivity index (χ4n) is 4.39. The van der Waals surface area contributed by atoms with Crippen molar-refractivity contribution in [3.63, 3.8) is 0 Å². The van der Waals surface area contributed by atoms with Crippen molar-refractivity contribution in [3.8, 4) is 0 Å². The molecule has 0 fully saturated rings. The van der Waals surface area contributed by atoms with Crippen molar-refractivity contribution in [1.82, 2.24) is 10.2 Å². The average molecular weight is 584 g/mol. The highest BCUT2D eigenvalue weighted by atomic mass is 35.5. The maximum Gasteiger partial charge on any atom is 0.244 e. The summed E-state index contributed by atoms with van der Waals surface area (Å²) in [5, 5.41) is 3.43. The molecule has 2 amide bonds. The zero-order valence-corrected chi connectivity index (χ0v) is 25.1. The molecule has 0 bridgehead atoms. The van der Waals surface area contributed by atoms with E-state index in [4.69, 9.17) is 11.6 Å². The second-order valence-electron chi connectivity index (χ2n) is 10.2. The summed E-state index contributed by atoms with van der Waals surface area (Å²) in [5.74, 6) is -0.518. The van der Waals surface area contributed by atoms with Crippen LogP contribution in [0.2, 0.25) is 5.02 Å². The van der Waals surface area contributed by atoms with Gasteiger partial charge in [0.25, 0.3) is 0 Å². The number of benzene rings is 3. The smallest absolute Gasteiger partial charge is 0.244 e. The summed E-state index contributed by atoms with van der Waals surface area (Å²) in [5.41, 5.74) is 3.06. The third kappa shape index (κ3) is 8.83. The molecule has 0 heterocycles. The first kappa shape index (κ1) is 31.2. The molecule has 1 N–H and O–H groups in total. The molecule has 0 unspecified atom stereocenters. The molecule has 0 spiro atoms. The summed E-state index contributed by atoms with van der Waals surface area (Å²) in [6.07, 6.45) is 2.08. The fourth-order valence-corrected chi connectivity index (χ4v) is 5.45. The van der Waals surface area contributed by atoms with Gasteiger partial charge in [-0.05, 0) is 53.3 Å². The van der Waals surface area contributed by atoms with Gasteiger partial charge >= 0.3 is 0 Å². The van der Waals surface area contributed by atoms with Crippen LogP contribution in [0.3, 0.4) is 0 Å². The Morgan fingerprint density at radius 3 is 2.15 bits per heavy atom. The predicted molar refractivity (Wildman–Crippen MR) is 162 cm³/mol. The molecule has 0 aromatic heterocycles. The number of carbonyl (C=O) groups excluding carboxylic acids is 2. The zero-order valence-electron chi connectivity index (χ0n) is 23.5. The van der Waals surface area contributed by atoms with Crippen LogP contribution in [0.15, 0.2) is 78.9 Å². The van der Waals surface area contributed by atoms with Gasteiger partial charge < -0.3 is 10.2 Å². The number of hydrogen-bond donors (Lipinski definition) is 1. The number of hydrogen-bond acceptors (Lipinski definition) is 4. The molecule has 0 saturated carbocycles. The number of nitrogens with zero attached hydrogens (tertiary/aromatic N) is 2. The molecule has 1 atom stereocenters. The Balaban J connectivity index is 2.03. The first-order valence-electron chi connectivity index (χ1n) is 13.4. The van der Waals surface area contributed by atoms with Gasteiger partial charge in [0.15, 0.2) is 0 Å². The Bertz CT molecular complexity index is 1380. The van der Waals surface area contributed by atoms with Gasteiger partial charge in [0.2, 0.25) is 21.8 Å². The Labute approximate surface area is 243 Å². The molecule has 0 aliphatic carbocycles. The van der Waals surface area contributed by atoms with Crippen molar-refractivity contribution in [2.24, 2.45) is 0 Å². The number of sulfonamides is 1. The highest BCUT2D eigenvalue weighted by molar-refractivity contribution is 7.92. The van der Waals surface area contributed by atoms with Crippen molar-refractivity contribution in [3.05, 3.63) is 101 Å². The third-order valence-corrected chi connectivity index (χ3v) is 7.96. The molecule has 0 radical (unpaired) electrons. The third-order valence-electron chi connectivity index (χ3n) is 6.59. The average Bonchev–Trinajstić information content (AvgIpc) is 2.92. The summed E-state index contributed by atoms with van der Waals surface area (Å²) in [6, 6.07) is 22.8. The minimum Gasteiger partial charge on any atom is -0.354 e. The molecule has 0 saturated heterocycles. The molecule has 40 heavy (non-hydrogen) atoms. The summed E-state index contributed by atoms with van der Waals surface area (Å²) in [7, 11) is -3.81. The molecular formula is C31H38ClN3O4S. The molecular weight excluding hydrogens is 546 g/mol. The van der Waals surface area contributed by atoms with Crippen LogP contribution in [0.5, 0.6) is 0 Å². The molecule has 3 rings (SSSR count). The van der Waals surface area contributed by atoms with Crippen LogP contribution in [0.25, 0.3) is 0 Å². The van der Waals surface area contributed by atoms with Gasteiger partial charge in [-0.25, -0.2) is 8.42 Å². The molecule has 3 aromatic carbocycles. The van der Waals surface area contributed by atoms with E-state index in [1.165, 1.54) is 4.90 Å². The van der Waals surface area contributed by atoms with Crippen molar-refractivity contribution in [2.45, 2.75) is 52.1 Å². The number of amides is 2. The minimum absolute atomic E-state index is 0.0837. The summed E-state index contributed by atoms with van der Waals surface area (Å²) in [6.45, 7) is 6.15. The summed E-state index contributed by atoms with van der Waals surface area (Å²) in [4.78, 5) is 29.0. The standard InChI is InChI=1S/C31H38ClN3O4S/c1-5-18-33-31(37)29(20-24-10-7-6-8-11-24)34(21-25-12-9-13-27(32)19-25)30(36)22-35(40(4,38)39)28-16-14-26(15-17-28)23(2)3/h6-17,19,23,29H,5,18,20-22H2,1-4H3,(H,33,37)/t29-/m0/s1. The second-order valence-corrected chi connectivity index (χ2v) is 12.5. The largest absolute Gasteiger partial charge is 0.354 e. The van der Waals surface area contributed by atoms with E-state index < -0.39 is 28.5 Å². The van der Waals surface area contributed by atoms with Crippen LogP contribution in [0.4, 0.5) is 5.69 Å². The van der Waals surface area contributed by atoms with Crippen LogP contribution in [-0.2, 0) is 32.6 Å². The molecule has 0 aliphatic rings. The van der Waals surface area contributed by atoms with Crippen molar-refractivity contribution in [2.75, 3.05) is 23.7 Å². The normalized spacial score (nSPS) is 12.2. The number of nitrogens with one attached hydrogen (secondary N) is 1. The summed E-state index contributed by atoms with van der Waals surface area (Å²) >= 11 is 6.24. The number of rotatable bonds is 13. The van der Waals surface area contributed by atoms with E-state index in [1.807, 2.05) is 55.5 Å². The Kier molecular flexibility index (Phi) is 11.2. The van der Waals surface area contributed by atoms with E-state index >= 15 is 0 Å². The predicted octanol–water partition coefficient (Wildman–Crippen LogP) is 5.40. The van der Waals surface area contributed by atoms with Crippen LogP contribution in [0.1, 0.15) is 49.8 Å². The zero-order chi connectivity index (χ0) is 29.3. The Hall–Kier alpha value is -3.36. The molecule has 0 aliphatic heterocycles. The quantitative estimate of drug-likeness (QED) is 0.292. The first-order chi connectivity index (χ1) is 19.0.